The Morgan fingerprint density at radius 3 is 2.44 bits per heavy atom. The van der Waals surface area contributed by atoms with Crippen LogP contribution >= 0.6 is 0 Å². The van der Waals surface area contributed by atoms with Crippen LogP contribution in [0.3, 0.4) is 0 Å². The number of carbonyl (C=O) groups is 2. The molecular formula is C21H18FN3O2. The molecule has 0 bridgehead atoms. The summed E-state index contributed by atoms with van der Waals surface area (Å²) >= 11 is 0. The highest BCUT2D eigenvalue weighted by Gasteiger charge is 2.14. The molecule has 5 nitrogen and oxygen atoms in total. The predicted molar refractivity (Wildman–Crippen MR) is 102 cm³/mol. The summed E-state index contributed by atoms with van der Waals surface area (Å²) in [5.41, 5.74) is 3.06. The van der Waals surface area contributed by atoms with Crippen LogP contribution in [0.15, 0.2) is 67.0 Å². The van der Waals surface area contributed by atoms with Crippen LogP contribution in [0, 0.1) is 12.7 Å². The fourth-order valence-corrected chi connectivity index (χ4v) is 2.52. The molecule has 27 heavy (non-hydrogen) atoms. The number of amides is 2. The molecule has 2 N–H and O–H groups in total. The molecule has 3 aromatic rings. The van der Waals surface area contributed by atoms with E-state index in [0.29, 0.717) is 11.3 Å². The molecule has 6 heteroatoms. The van der Waals surface area contributed by atoms with E-state index in [-0.39, 0.29) is 12.1 Å². The van der Waals surface area contributed by atoms with Crippen LogP contribution in [0.1, 0.15) is 15.9 Å². The third-order valence-electron chi connectivity index (χ3n) is 3.95. The van der Waals surface area contributed by atoms with Crippen LogP contribution in [-0.4, -0.2) is 23.3 Å². The van der Waals surface area contributed by atoms with Crippen molar-refractivity contribution in [2.24, 2.45) is 0 Å². The number of carbonyl (C=O) groups excluding carboxylic acids is 2. The Bertz CT molecular complexity index is 957. The first-order valence-electron chi connectivity index (χ1n) is 8.37. The van der Waals surface area contributed by atoms with Gasteiger partial charge in [-0.15, -0.1) is 0 Å². The van der Waals surface area contributed by atoms with Gasteiger partial charge in [-0.25, -0.2) is 4.39 Å². The second-order valence-electron chi connectivity index (χ2n) is 6.03. The van der Waals surface area contributed by atoms with Crippen molar-refractivity contribution < 1.29 is 14.0 Å². The molecule has 0 radical (unpaired) electrons. The molecule has 0 fully saturated rings. The summed E-state index contributed by atoms with van der Waals surface area (Å²) in [4.78, 5) is 27.9. The fraction of sp³-hybridized carbons (Fsp3) is 0.0952. The van der Waals surface area contributed by atoms with Crippen LogP contribution in [-0.2, 0) is 4.79 Å². The largest absolute Gasteiger partial charge is 0.343 e. The van der Waals surface area contributed by atoms with E-state index in [1.807, 2.05) is 31.2 Å². The lowest BCUT2D eigenvalue weighted by atomic mass is 10.0. The first-order chi connectivity index (χ1) is 13.0. The van der Waals surface area contributed by atoms with Crippen LogP contribution in [0.25, 0.3) is 11.1 Å². The number of benzene rings is 2. The Balaban J connectivity index is 1.63. The van der Waals surface area contributed by atoms with Gasteiger partial charge in [-0.2, -0.15) is 0 Å². The number of hydrogen-bond donors (Lipinski definition) is 2. The maximum Gasteiger partial charge on any atom is 0.254 e. The molecule has 0 spiro atoms. The van der Waals surface area contributed by atoms with Gasteiger partial charge in [-0.1, -0.05) is 35.9 Å². The van der Waals surface area contributed by atoms with E-state index in [1.54, 1.807) is 24.4 Å². The molecule has 1 heterocycles. The Hall–Kier alpha value is -3.54. The molecule has 1 aromatic heterocycles. The number of rotatable bonds is 5. The fourth-order valence-electron chi connectivity index (χ4n) is 2.52. The highest BCUT2D eigenvalue weighted by molar-refractivity contribution is 5.99. The van der Waals surface area contributed by atoms with Crippen LogP contribution in [0.4, 0.5) is 10.1 Å². The number of nitrogens with zero attached hydrogens (tertiary/aromatic N) is 1. The highest BCUT2D eigenvalue weighted by Crippen LogP contribution is 2.22. The Morgan fingerprint density at radius 2 is 1.78 bits per heavy atom. The van der Waals surface area contributed by atoms with Gasteiger partial charge in [0, 0.05) is 6.20 Å². The zero-order valence-corrected chi connectivity index (χ0v) is 14.7. The third kappa shape index (κ3) is 4.76. The smallest absolute Gasteiger partial charge is 0.254 e. The van der Waals surface area contributed by atoms with Gasteiger partial charge in [-0.05, 0) is 42.3 Å². The molecule has 0 aliphatic rings. The van der Waals surface area contributed by atoms with Gasteiger partial charge in [-0.3, -0.25) is 14.6 Å². The number of aryl methyl sites for hydroxylation is 1. The van der Waals surface area contributed by atoms with E-state index < -0.39 is 17.6 Å². The van der Waals surface area contributed by atoms with Crippen molar-refractivity contribution >= 4 is 17.5 Å². The summed E-state index contributed by atoms with van der Waals surface area (Å²) in [6.07, 6.45) is 3.07. The summed E-state index contributed by atoms with van der Waals surface area (Å²) < 4.78 is 14.4. The zero-order chi connectivity index (χ0) is 19.2. The van der Waals surface area contributed by atoms with E-state index in [0.717, 1.165) is 11.1 Å². The van der Waals surface area contributed by atoms with Crippen molar-refractivity contribution in [1.82, 2.24) is 10.3 Å². The topological polar surface area (TPSA) is 71.1 Å². The second kappa shape index (κ2) is 8.23. The average Bonchev–Trinajstić information content (AvgIpc) is 2.67. The van der Waals surface area contributed by atoms with E-state index in [2.05, 4.69) is 15.6 Å². The zero-order valence-electron chi connectivity index (χ0n) is 14.7. The lowest BCUT2D eigenvalue weighted by Crippen LogP contribution is -2.33. The van der Waals surface area contributed by atoms with Crippen molar-refractivity contribution in [3.8, 4) is 11.1 Å². The second-order valence-corrected chi connectivity index (χ2v) is 6.03. The van der Waals surface area contributed by atoms with E-state index >= 15 is 0 Å². The Morgan fingerprint density at radius 1 is 1.04 bits per heavy atom. The summed E-state index contributed by atoms with van der Waals surface area (Å²) in [5, 5.41) is 5.00. The number of halogens is 1. The SMILES string of the molecule is Cc1ccc(-c2ccc(C(=O)NCC(=O)Nc3cccnc3)c(F)c2)cc1. The van der Waals surface area contributed by atoms with Gasteiger partial charge in [0.2, 0.25) is 5.91 Å². The van der Waals surface area contributed by atoms with Gasteiger partial charge in [0.25, 0.3) is 5.91 Å². The third-order valence-corrected chi connectivity index (χ3v) is 3.95. The first-order valence-corrected chi connectivity index (χ1v) is 8.37. The number of pyridine rings is 1. The summed E-state index contributed by atoms with van der Waals surface area (Å²) in [7, 11) is 0. The molecule has 136 valence electrons. The predicted octanol–water partition coefficient (Wildman–Crippen LogP) is 3.56. The van der Waals surface area contributed by atoms with Gasteiger partial charge in [0.15, 0.2) is 0 Å². The lowest BCUT2D eigenvalue weighted by molar-refractivity contribution is -0.115. The van der Waals surface area contributed by atoms with Crippen LogP contribution in [0.5, 0.6) is 0 Å². The Kier molecular flexibility index (Phi) is 5.56. The summed E-state index contributed by atoms with van der Waals surface area (Å²) in [6, 6.07) is 15.4. The molecule has 3 rings (SSSR count). The molecule has 0 aliphatic heterocycles. The van der Waals surface area contributed by atoms with Gasteiger partial charge in [0.05, 0.1) is 24.0 Å². The van der Waals surface area contributed by atoms with E-state index in [1.165, 1.54) is 18.3 Å². The molecule has 0 saturated carbocycles. The average molecular weight is 363 g/mol. The van der Waals surface area contributed by atoms with Crippen LogP contribution < -0.4 is 10.6 Å². The van der Waals surface area contributed by atoms with Crippen molar-refractivity contribution in [3.05, 3.63) is 83.9 Å². The van der Waals surface area contributed by atoms with E-state index in [4.69, 9.17) is 0 Å². The van der Waals surface area contributed by atoms with Crippen molar-refractivity contribution in [2.75, 3.05) is 11.9 Å². The molecule has 0 atom stereocenters. The van der Waals surface area contributed by atoms with Crippen molar-refractivity contribution in [2.45, 2.75) is 6.92 Å². The number of aromatic nitrogens is 1. The molecule has 0 unspecified atom stereocenters. The Labute approximate surface area is 156 Å². The molecule has 0 aliphatic carbocycles. The van der Waals surface area contributed by atoms with Gasteiger partial charge >= 0.3 is 0 Å². The normalized spacial score (nSPS) is 10.3. The summed E-state index contributed by atoms with van der Waals surface area (Å²) in [6.45, 7) is 1.70. The maximum absolute atomic E-state index is 14.4. The number of anilines is 1. The van der Waals surface area contributed by atoms with Gasteiger partial charge in [0.1, 0.15) is 5.82 Å². The minimum absolute atomic E-state index is 0.111. The van der Waals surface area contributed by atoms with Crippen molar-refractivity contribution in [1.29, 1.82) is 0 Å². The quantitative estimate of drug-likeness (QED) is 0.728. The molecule has 0 saturated heterocycles. The maximum atomic E-state index is 14.4. The molecule has 2 aromatic carbocycles. The molecular weight excluding hydrogens is 345 g/mol. The summed E-state index contributed by atoms with van der Waals surface area (Å²) in [5.74, 6) is -1.71. The standard InChI is InChI=1S/C21H18FN3O2/c1-14-4-6-15(7-5-14)16-8-9-18(19(22)11-16)21(27)24-13-20(26)25-17-3-2-10-23-12-17/h2-12H,13H2,1H3,(H,24,27)(H,25,26). The number of hydrogen-bond acceptors (Lipinski definition) is 3. The first kappa shape index (κ1) is 18.3. The lowest BCUT2D eigenvalue weighted by Gasteiger charge is -2.09. The van der Waals surface area contributed by atoms with Crippen molar-refractivity contribution in [3.63, 3.8) is 0 Å². The minimum atomic E-state index is -0.649. The van der Waals surface area contributed by atoms with Gasteiger partial charge < -0.3 is 10.6 Å². The molecule has 2 amide bonds. The minimum Gasteiger partial charge on any atom is -0.343 e. The van der Waals surface area contributed by atoms with Crippen LogP contribution in [0.2, 0.25) is 0 Å². The highest BCUT2D eigenvalue weighted by atomic mass is 19.1. The van der Waals surface area contributed by atoms with E-state index in [9.17, 15) is 14.0 Å². The monoisotopic (exact) mass is 363 g/mol. The number of nitrogens with one attached hydrogen (secondary N) is 2.